The minimum atomic E-state index is -2.69. The lowest BCUT2D eigenvalue weighted by Gasteiger charge is -2.32. The number of amidine groups is 1. The van der Waals surface area contributed by atoms with E-state index in [9.17, 15) is 18.6 Å². The molecule has 0 aliphatic carbocycles. The Balaban J connectivity index is 1.46. The highest BCUT2D eigenvalue weighted by Crippen LogP contribution is 2.37. The summed E-state index contributed by atoms with van der Waals surface area (Å²) in [5.74, 6) is 6.33. The molecule has 211 valence electrons. The Morgan fingerprint density at radius 2 is 1.50 bits per heavy atom. The number of urea groups is 1. The highest BCUT2D eigenvalue weighted by molar-refractivity contribution is 6.41. The second-order valence-corrected chi connectivity index (χ2v) is 10.2. The fraction of sp³-hybridized carbons (Fsp3) is 0.194. The van der Waals surface area contributed by atoms with Crippen LogP contribution in [0.15, 0.2) is 82.0 Å². The van der Waals surface area contributed by atoms with Crippen molar-refractivity contribution in [2.45, 2.75) is 27.7 Å². The van der Waals surface area contributed by atoms with E-state index in [-0.39, 0.29) is 5.84 Å². The summed E-state index contributed by atoms with van der Waals surface area (Å²) in [6.45, 7) is 7.34. The quantitative estimate of drug-likeness (QED) is 0.302. The molecule has 2 aromatic carbocycles. The maximum Gasteiger partial charge on any atom is 0.677 e. The molecule has 8 nitrogen and oxygen atoms in total. The molecule has 0 saturated carbocycles. The first kappa shape index (κ1) is 28.6. The van der Waals surface area contributed by atoms with Gasteiger partial charge in [0, 0.05) is 53.5 Å². The van der Waals surface area contributed by atoms with Crippen molar-refractivity contribution in [2.24, 2.45) is 10.1 Å². The molecule has 0 unspecified atom stereocenters. The predicted molar refractivity (Wildman–Crippen MR) is 159 cm³/mol. The Morgan fingerprint density at radius 1 is 0.905 bits per heavy atom. The Labute approximate surface area is 243 Å². The summed E-state index contributed by atoms with van der Waals surface area (Å²) in [7, 11) is 0.168. The van der Waals surface area contributed by atoms with E-state index in [1.165, 1.54) is 14.1 Å². The Bertz CT molecular complexity index is 1760. The van der Waals surface area contributed by atoms with Gasteiger partial charge in [0.05, 0.1) is 5.70 Å². The highest BCUT2D eigenvalue weighted by Gasteiger charge is 2.31. The van der Waals surface area contributed by atoms with Crippen LogP contribution in [0.3, 0.4) is 0 Å². The standard InChI is InChI=1S/C31H28BF2N6O2/c1-19-17-21(3)35-28(19)27(29-20(2)18-22(4)39(29)32(33)34)25-13-9-23(10-14-25)7-8-24-11-15-26(16-12-24)30-36-37(5)31(41)38(6)40(30)42/h9-18H,1-6H3/b28-27-. The average molecular weight is 565 g/mol. The third kappa shape index (κ3) is 5.24. The molecule has 3 aromatic rings. The van der Waals surface area contributed by atoms with E-state index in [2.05, 4.69) is 16.9 Å². The number of hydrogen-bond donors (Lipinski definition) is 0. The summed E-state index contributed by atoms with van der Waals surface area (Å²) >= 11 is 0. The number of carbonyl (C=O) groups excluding carboxylic acids is 1. The molecule has 0 atom stereocenters. The average Bonchev–Trinajstić information content (AvgIpc) is 3.45. The number of aliphatic imine (C=N–C) groups is 1. The molecule has 0 saturated heterocycles. The van der Waals surface area contributed by atoms with Crippen molar-refractivity contribution in [3.8, 4) is 11.8 Å². The van der Waals surface area contributed by atoms with Crippen LogP contribution in [0, 0.1) is 25.7 Å². The summed E-state index contributed by atoms with van der Waals surface area (Å²) in [6.07, 6.45) is 1.95. The number of hydrogen-bond acceptors (Lipinski definition) is 4. The smallest absolute Gasteiger partial charge is 0.329 e. The lowest BCUT2D eigenvalue weighted by atomic mass is 9.94. The van der Waals surface area contributed by atoms with Gasteiger partial charge in [-0.25, -0.2) is 14.8 Å². The van der Waals surface area contributed by atoms with E-state index in [0.29, 0.717) is 33.4 Å². The van der Waals surface area contributed by atoms with Gasteiger partial charge in [0.15, 0.2) is 0 Å². The molecule has 5 rings (SSSR count). The molecule has 0 fully saturated rings. The summed E-state index contributed by atoms with van der Waals surface area (Å²) in [6, 6.07) is 15.7. The van der Waals surface area contributed by atoms with Crippen molar-refractivity contribution in [1.29, 1.82) is 0 Å². The summed E-state index contributed by atoms with van der Waals surface area (Å²) in [4.78, 5) is 16.6. The van der Waals surface area contributed by atoms with Crippen molar-refractivity contribution < 1.29 is 18.6 Å². The normalized spacial score (nSPS) is 16.2. The number of rotatable bonds is 4. The van der Waals surface area contributed by atoms with Gasteiger partial charge in [0.1, 0.15) is 0 Å². The molecule has 2 amide bonds. The number of allylic oxidation sites excluding steroid dienone is 2. The molecule has 1 radical (unpaired) electrons. The molecular weight excluding hydrogens is 537 g/mol. The highest BCUT2D eigenvalue weighted by atomic mass is 19.2. The zero-order valence-electron chi connectivity index (χ0n) is 24.1. The van der Waals surface area contributed by atoms with Gasteiger partial charge in [-0.3, -0.25) is 13.6 Å². The van der Waals surface area contributed by atoms with E-state index >= 15 is 0 Å². The third-order valence-corrected chi connectivity index (χ3v) is 7.10. The first-order valence-corrected chi connectivity index (χ1v) is 13.2. The van der Waals surface area contributed by atoms with Gasteiger partial charge in [-0.05, 0) is 92.9 Å². The van der Waals surface area contributed by atoms with Crippen LogP contribution >= 0.6 is 0 Å². The molecular formula is C31H28BF2N6O2. The molecule has 0 bridgehead atoms. The third-order valence-electron chi connectivity index (χ3n) is 7.10. The molecule has 3 heterocycles. The lowest BCUT2D eigenvalue weighted by Crippen LogP contribution is -2.53. The Hall–Kier alpha value is -4.95. The molecule has 0 N–H and O–H groups in total. The maximum atomic E-state index is 14.2. The van der Waals surface area contributed by atoms with E-state index in [1.807, 2.05) is 51.1 Å². The number of aryl methyl sites for hydroxylation is 2. The maximum absolute atomic E-state index is 14.2. The largest absolute Gasteiger partial charge is 0.677 e. The fourth-order valence-corrected chi connectivity index (χ4v) is 5.09. The topological polar surface area (TPSA) is 76.3 Å². The minimum Gasteiger partial charge on any atom is -0.329 e. The summed E-state index contributed by atoms with van der Waals surface area (Å²) in [5.41, 5.74) is 7.51. The number of benzene rings is 2. The van der Waals surface area contributed by atoms with Gasteiger partial charge >= 0.3 is 13.4 Å². The van der Waals surface area contributed by atoms with Crippen LogP contribution in [-0.4, -0.2) is 58.7 Å². The first-order valence-electron chi connectivity index (χ1n) is 13.2. The van der Waals surface area contributed by atoms with Crippen LogP contribution in [0.4, 0.5) is 13.4 Å². The van der Waals surface area contributed by atoms with Gasteiger partial charge in [0.25, 0.3) is 0 Å². The van der Waals surface area contributed by atoms with Crippen molar-refractivity contribution in [3.05, 3.63) is 111 Å². The number of halogens is 2. The number of hydroxylamine groups is 1. The van der Waals surface area contributed by atoms with Crippen molar-refractivity contribution in [3.63, 3.8) is 0 Å². The number of nitrogens with zero attached hydrogens (tertiary/aromatic N) is 6. The van der Waals surface area contributed by atoms with Crippen LogP contribution in [0.25, 0.3) is 5.57 Å². The fourth-order valence-electron chi connectivity index (χ4n) is 5.09. The van der Waals surface area contributed by atoms with Gasteiger partial charge in [-0.1, -0.05) is 29.2 Å². The summed E-state index contributed by atoms with van der Waals surface area (Å²) in [5, 5.41) is 19.0. The van der Waals surface area contributed by atoms with Crippen LogP contribution in [-0.2, 0) is 5.21 Å². The monoisotopic (exact) mass is 565 g/mol. The van der Waals surface area contributed by atoms with E-state index in [4.69, 9.17) is 4.99 Å². The SMILES string of the molecule is CC1=CC(C)=N/C1=C(/c1ccc(C#Cc2ccc(C3=NN(C)C(=O)N(C)N3[O])cc2)cc1)c1c(C)cc(C)n1B(F)F. The molecule has 2 aliphatic rings. The zero-order chi connectivity index (χ0) is 30.3. The molecule has 42 heavy (non-hydrogen) atoms. The van der Waals surface area contributed by atoms with Crippen LogP contribution in [0.1, 0.15) is 53.1 Å². The van der Waals surface area contributed by atoms with E-state index in [1.54, 1.807) is 37.3 Å². The Morgan fingerprint density at radius 3 is 2.05 bits per heavy atom. The lowest BCUT2D eigenvalue weighted by molar-refractivity contribution is -0.207. The second kappa shape index (κ2) is 11.1. The van der Waals surface area contributed by atoms with Crippen LogP contribution in [0.5, 0.6) is 0 Å². The second-order valence-electron chi connectivity index (χ2n) is 10.2. The number of hydrazone groups is 1. The Kier molecular flexibility index (Phi) is 7.58. The molecule has 11 heteroatoms. The molecule has 0 spiro atoms. The predicted octanol–water partition coefficient (Wildman–Crippen LogP) is 5.68. The van der Waals surface area contributed by atoms with Crippen LogP contribution < -0.4 is 0 Å². The minimum absolute atomic E-state index is 0.0925. The zero-order valence-corrected chi connectivity index (χ0v) is 24.1. The van der Waals surface area contributed by atoms with Crippen LogP contribution in [0.2, 0.25) is 0 Å². The van der Waals surface area contributed by atoms with Gasteiger partial charge in [-0.15, -0.1) is 10.3 Å². The van der Waals surface area contributed by atoms with Gasteiger partial charge in [-0.2, -0.15) is 0 Å². The van der Waals surface area contributed by atoms with Crippen molar-refractivity contribution in [1.82, 2.24) is 19.7 Å². The van der Waals surface area contributed by atoms with E-state index < -0.39 is 13.4 Å². The first-order chi connectivity index (χ1) is 20.0. The number of hydrazine groups is 1. The molecule has 1 aromatic heterocycles. The van der Waals surface area contributed by atoms with Crippen molar-refractivity contribution >= 4 is 30.6 Å². The number of carbonyl (C=O) groups is 1. The van der Waals surface area contributed by atoms with Gasteiger partial charge < -0.3 is 4.48 Å². The van der Waals surface area contributed by atoms with E-state index in [0.717, 1.165) is 48.0 Å². The number of amides is 2. The number of aromatic nitrogens is 1. The van der Waals surface area contributed by atoms with Gasteiger partial charge in [0.2, 0.25) is 5.84 Å². The van der Waals surface area contributed by atoms with Crippen molar-refractivity contribution in [2.75, 3.05) is 14.1 Å². The summed E-state index contributed by atoms with van der Waals surface area (Å²) < 4.78 is 29.4. The molecule has 2 aliphatic heterocycles.